The number of aryl methyl sites for hydroxylation is 2. The molecule has 1 aromatic carbocycles. The van der Waals surface area contributed by atoms with Crippen LogP contribution in [0.4, 0.5) is 4.39 Å². The van der Waals surface area contributed by atoms with E-state index in [1.165, 1.54) is 36.4 Å². The molecule has 0 amide bonds. The lowest BCUT2D eigenvalue weighted by Crippen LogP contribution is -2.00. The second kappa shape index (κ2) is 3.74. The summed E-state index contributed by atoms with van der Waals surface area (Å²) in [5.74, 6) is 0.659. The summed E-state index contributed by atoms with van der Waals surface area (Å²) in [6.07, 6.45) is 4.61. The van der Waals surface area contributed by atoms with Crippen LogP contribution in [0.1, 0.15) is 24.2 Å². The Kier molecular flexibility index (Phi) is 2.24. The van der Waals surface area contributed by atoms with Crippen LogP contribution < -0.4 is 0 Å². The molecule has 82 valence electrons. The highest BCUT2D eigenvalue weighted by atomic mass is 19.1. The predicted molar refractivity (Wildman–Crippen MR) is 60.6 cm³/mol. The number of aromatic amines is 1. The number of hydrogen-bond acceptors (Lipinski definition) is 1. The van der Waals surface area contributed by atoms with Crippen molar-refractivity contribution in [3.05, 3.63) is 41.5 Å². The van der Waals surface area contributed by atoms with Gasteiger partial charge < -0.3 is 4.98 Å². The van der Waals surface area contributed by atoms with Crippen molar-refractivity contribution in [3.8, 4) is 11.4 Å². The van der Waals surface area contributed by atoms with Crippen molar-refractivity contribution in [2.24, 2.45) is 0 Å². The zero-order valence-corrected chi connectivity index (χ0v) is 8.96. The second-order valence-corrected chi connectivity index (χ2v) is 4.22. The molecule has 0 aliphatic heterocycles. The number of halogens is 1. The normalized spacial score (nSPS) is 14.8. The first-order valence-corrected chi connectivity index (χ1v) is 5.66. The number of nitrogens with one attached hydrogen (secondary N) is 1. The topological polar surface area (TPSA) is 28.7 Å². The number of imidazole rings is 1. The molecule has 0 spiro atoms. The van der Waals surface area contributed by atoms with Crippen molar-refractivity contribution in [2.45, 2.75) is 25.7 Å². The molecule has 3 heteroatoms. The molecule has 0 saturated heterocycles. The fourth-order valence-electron chi connectivity index (χ4n) is 2.20. The van der Waals surface area contributed by atoms with Crippen LogP contribution in [-0.2, 0) is 12.8 Å². The molecule has 1 aliphatic rings. The largest absolute Gasteiger partial charge is 0.342 e. The quantitative estimate of drug-likeness (QED) is 0.779. The molecular formula is C13H13FN2. The summed E-state index contributed by atoms with van der Waals surface area (Å²) in [4.78, 5) is 7.91. The molecule has 0 bridgehead atoms. The van der Waals surface area contributed by atoms with Gasteiger partial charge >= 0.3 is 0 Å². The van der Waals surface area contributed by atoms with E-state index in [2.05, 4.69) is 9.97 Å². The fourth-order valence-corrected chi connectivity index (χ4v) is 2.20. The van der Waals surface area contributed by atoms with Gasteiger partial charge in [-0.05, 0) is 49.9 Å². The first kappa shape index (κ1) is 9.58. The summed E-state index contributed by atoms with van der Waals surface area (Å²) in [5.41, 5.74) is 3.40. The SMILES string of the molecule is Fc1ccc(-c2nc3c([nH]2)CCCC3)cc1. The Balaban J connectivity index is 2.00. The van der Waals surface area contributed by atoms with E-state index in [1.807, 2.05) is 0 Å². The minimum absolute atomic E-state index is 0.208. The van der Waals surface area contributed by atoms with E-state index >= 15 is 0 Å². The maximum atomic E-state index is 12.8. The maximum Gasteiger partial charge on any atom is 0.137 e. The van der Waals surface area contributed by atoms with Crippen LogP contribution in [0.25, 0.3) is 11.4 Å². The highest BCUT2D eigenvalue weighted by molar-refractivity contribution is 5.55. The lowest BCUT2D eigenvalue weighted by atomic mass is 10.0. The monoisotopic (exact) mass is 216 g/mol. The first-order valence-electron chi connectivity index (χ1n) is 5.66. The van der Waals surface area contributed by atoms with Crippen LogP contribution >= 0.6 is 0 Å². The molecule has 3 rings (SSSR count). The third-order valence-corrected chi connectivity index (χ3v) is 3.07. The molecule has 1 aromatic heterocycles. The highest BCUT2D eigenvalue weighted by Crippen LogP contribution is 2.23. The highest BCUT2D eigenvalue weighted by Gasteiger charge is 2.14. The molecule has 1 heterocycles. The maximum absolute atomic E-state index is 12.8. The van der Waals surface area contributed by atoms with Crippen molar-refractivity contribution in [2.75, 3.05) is 0 Å². The average molecular weight is 216 g/mol. The Bertz CT molecular complexity index is 476. The van der Waals surface area contributed by atoms with Gasteiger partial charge in [0.1, 0.15) is 11.6 Å². The summed E-state index contributed by atoms with van der Waals surface area (Å²) in [5, 5.41) is 0. The van der Waals surface area contributed by atoms with E-state index in [0.717, 1.165) is 24.2 Å². The van der Waals surface area contributed by atoms with E-state index < -0.39 is 0 Å². The Morgan fingerprint density at radius 1 is 1.06 bits per heavy atom. The summed E-state index contributed by atoms with van der Waals surface area (Å²) < 4.78 is 12.8. The Labute approximate surface area is 93.5 Å². The fraction of sp³-hybridized carbons (Fsp3) is 0.308. The van der Waals surface area contributed by atoms with Crippen LogP contribution in [-0.4, -0.2) is 9.97 Å². The van der Waals surface area contributed by atoms with Crippen molar-refractivity contribution in [3.63, 3.8) is 0 Å². The second-order valence-electron chi connectivity index (χ2n) is 4.22. The van der Waals surface area contributed by atoms with Crippen molar-refractivity contribution < 1.29 is 4.39 Å². The minimum Gasteiger partial charge on any atom is -0.342 e. The van der Waals surface area contributed by atoms with Gasteiger partial charge in [0.05, 0.1) is 5.69 Å². The Morgan fingerprint density at radius 3 is 2.56 bits per heavy atom. The van der Waals surface area contributed by atoms with E-state index in [0.29, 0.717) is 0 Å². The molecule has 0 radical (unpaired) electrons. The third-order valence-electron chi connectivity index (χ3n) is 3.07. The van der Waals surface area contributed by atoms with Gasteiger partial charge in [-0.1, -0.05) is 0 Å². The summed E-state index contributed by atoms with van der Waals surface area (Å²) in [6, 6.07) is 6.47. The minimum atomic E-state index is -0.208. The summed E-state index contributed by atoms with van der Waals surface area (Å²) in [7, 11) is 0. The molecular weight excluding hydrogens is 203 g/mol. The van der Waals surface area contributed by atoms with Crippen molar-refractivity contribution in [1.29, 1.82) is 0 Å². The van der Waals surface area contributed by atoms with Gasteiger partial charge in [-0.3, -0.25) is 0 Å². The van der Waals surface area contributed by atoms with Gasteiger partial charge in [-0.25, -0.2) is 9.37 Å². The van der Waals surface area contributed by atoms with Crippen LogP contribution in [0.5, 0.6) is 0 Å². The van der Waals surface area contributed by atoms with Crippen LogP contribution in [0, 0.1) is 5.82 Å². The molecule has 0 fully saturated rings. The van der Waals surface area contributed by atoms with E-state index in [1.54, 1.807) is 12.1 Å². The van der Waals surface area contributed by atoms with Crippen molar-refractivity contribution in [1.82, 2.24) is 9.97 Å². The molecule has 1 N–H and O–H groups in total. The van der Waals surface area contributed by atoms with Gasteiger partial charge in [0.25, 0.3) is 0 Å². The molecule has 1 aliphatic carbocycles. The van der Waals surface area contributed by atoms with Crippen LogP contribution in [0.15, 0.2) is 24.3 Å². The van der Waals surface area contributed by atoms with Gasteiger partial charge in [0, 0.05) is 11.3 Å². The number of nitrogens with zero attached hydrogens (tertiary/aromatic N) is 1. The van der Waals surface area contributed by atoms with E-state index in [4.69, 9.17) is 0 Å². The number of hydrogen-bond donors (Lipinski definition) is 1. The lowest BCUT2D eigenvalue weighted by Gasteiger charge is -2.07. The average Bonchev–Trinajstić information content (AvgIpc) is 2.73. The van der Waals surface area contributed by atoms with Crippen LogP contribution in [0.3, 0.4) is 0 Å². The number of fused-ring (bicyclic) bond motifs is 1. The Morgan fingerprint density at radius 2 is 1.81 bits per heavy atom. The molecule has 2 aromatic rings. The zero-order chi connectivity index (χ0) is 11.0. The van der Waals surface area contributed by atoms with Gasteiger partial charge in [-0.2, -0.15) is 0 Å². The summed E-state index contributed by atoms with van der Waals surface area (Å²) in [6.45, 7) is 0. The van der Waals surface area contributed by atoms with Gasteiger partial charge in [0.15, 0.2) is 0 Å². The summed E-state index contributed by atoms with van der Waals surface area (Å²) >= 11 is 0. The standard InChI is InChI=1S/C13H13FN2/c14-10-7-5-9(6-8-10)13-15-11-3-1-2-4-12(11)16-13/h5-8H,1-4H2,(H,15,16). The number of H-pyrrole nitrogens is 1. The van der Waals surface area contributed by atoms with Crippen LogP contribution in [0.2, 0.25) is 0 Å². The molecule has 0 unspecified atom stereocenters. The smallest absolute Gasteiger partial charge is 0.137 e. The molecule has 0 saturated carbocycles. The van der Waals surface area contributed by atoms with Crippen molar-refractivity contribution >= 4 is 0 Å². The predicted octanol–water partition coefficient (Wildman–Crippen LogP) is 3.09. The van der Waals surface area contributed by atoms with E-state index in [-0.39, 0.29) is 5.82 Å². The Hall–Kier alpha value is -1.64. The van der Waals surface area contributed by atoms with Gasteiger partial charge in [0.2, 0.25) is 0 Å². The zero-order valence-electron chi connectivity index (χ0n) is 8.96. The molecule has 16 heavy (non-hydrogen) atoms. The number of benzene rings is 1. The lowest BCUT2D eigenvalue weighted by molar-refractivity contribution is 0.628. The number of aromatic nitrogens is 2. The molecule has 2 nitrogen and oxygen atoms in total. The first-order chi connectivity index (χ1) is 7.83. The number of rotatable bonds is 1. The van der Waals surface area contributed by atoms with E-state index in [9.17, 15) is 4.39 Å². The third kappa shape index (κ3) is 1.62. The van der Waals surface area contributed by atoms with Gasteiger partial charge in [-0.15, -0.1) is 0 Å². The molecule has 0 atom stereocenters.